The van der Waals surface area contributed by atoms with Crippen molar-refractivity contribution in [1.29, 1.82) is 0 Å². The Morgan fingerprint density at radius 2 is 1.75 bits per heavy atom. The highest BCUT2D eigenvalue weighted by Crippen LogP contribution is 2.52. The van der Waals surface area contributed by atoms with Crippen LogP contribution in [0.2, 0.25) is 5.02 Å². The Hall–Kier alpha value is -3.52. The van der Waals surface area contributed by atoms with Crippen molar-refractivity contribution < 1.29 is 19.2 Å². The SMILES string of the molecule is O=C1C2C3C=CC(C3)C2C(=O)N1N=Cc1cc(Cl)ccc1OCc1ccc([N+](=O)[O-])cc1. The second kappa shape index (κ2) is 7.87. The molecule has 2 aromatic rings. The van der Waals surface area contributed by atoms with E-state index in [2.05, 4.69) is 5.10 Å². The van der Waals surface area contributed by atoms with Gasteiger partial charge in [0, 0.05) is 22.7 Å². The molecule has 2 amide bonds. The number of nitrogens with zero attached hydrogens (tertiary/aromatic N) is 3. The van der Waals surface area contributed by atoms with Crippen LogP contribution >= 0.6 is 11.6 Å². The number of non-ortho nitro benzene ring substituents is 1. The van der Waals surface area contributed by atoms with Crippen LogP contribution in [0.5, 0.6) is 5.75 Å². The van der Waals surface area contributed by atoms with E-state index < -0.39 is 4.92 Å². The van der Waals surface area contributed by atoms with Crippen molar-refractivity contribution in [2.24, 2.45) is 28.8 Å². The van der Waals surface area contributed by atoms with Gasteiger partial charge in [-0.15, -0.1) is 0 Å². The number of fused-ring (bicyclic) bond motifs is 5. The number of allylic oxidation sites excluding steroid dienone is 2. The molecule has 9 heteroatoms. The number of carbonyl (C=O) groups excluding carboxylic acids is 2. The van der Waals surface area contributed by atoms with Gasteiger partial charge in [0.1, 0.15) is 12.4 Å². The van der Waals surface area contributed by atoms with E-state index in [0.717, 1.165) is 17.0 Å². The zero-order chi connectivity index (χ0) is 22.4. The second-order valence-corrected chi connectivity index (χ2v) is 8.56. The number of imide groups is 1. The first-order valence-electron chi connectivity index (χ1n) is 10.2. The van der Waals surface area contributed by atoms with Crippen molar-refractivity contribution in [2.75, 3.05) is 0 Å². The number of hydrogen-bond acceptors (Lipinski definition) is 6. The van der Waals surface area contributed by atoms with E-state index in [1.807, 2.05) is 12.2 Å². The van der Waals surface area contributed by atoms with Gasteiger partial charge < -0.3 is 4.74 Å². The molecular weight excluding hydrogens is 434 g/mol. The van der Waals surface area contributed by atoms with Gasteiger partial charge in [-0.2, -0.15) is 10.1 Å². The van der Waals surface area contributed by atoms with Crippen molar-refractivity contribution in [1.82, 2.24) is 5.01 Å². The molecule has 1 heterocycles. The minimum atomic E-state index is -0.463. The van der Waals surface area contributed by atoms with E-state index in [4.69, 9.17) is 16.3 Å². The molecule has 162 valence electrons. The highest BCUT2D eigenvalue weighted by molar-refractivity contribution is 6.31. The molecule has 2 bridgehead atoms. The Morgan fingerprint density at radius 1 is 1.09 bits per heavy atom. The molecule has 0 radical (unpaired) electrons. The van der Waals surface area contributed by atoms with Crippen LogP contribution in [0.1, 0.15) is 17.5 Å². The van der Waals surface area contributed by atoms with Gasteiger partial charge in [0.2, 0.25) is 0 Å². The maximum atomic E-state index is 12.8. The fourth-order valence-corrected chi connectivity index (χ4v) is 4.93. The minimum absolute atomic E-state index is 0.00131. The summed E-state index contributed by atoms with van der Waals surface area (Å²) in [6.45, 7) is 0.168. The molecule has 32 heavy (non-hydrogen) atoms. The van der Waals surface area contributed by atoms with Crippen molar-refractivity contribution >= 4 is 35.3 Å². The summed E-state index contributed by atoms with van der Waals surface area (Å²) in [5.74, 6) is -0.454. The number of hydrogen-bond donors (Lipinski definition) is 0. The third-order valence-corrected chi connectivity index (χ3v) is 6.51. The molecule has 2 fully saturated rings. The number of rotatable bonds is 6. The number of amides is 2. The summed E-state index contributed by atoms with van der Waals surface area (Å²) >= 11 is 6.12. The maximum Gasteiger partial charge on any atom is 0.269 e. The Morgan fingerprint density at radius 3 is 2.38 bits per heavy atom. The molecule has 0 N–H and O–H groups in total. The van der Waals surface area contributed by atoms with Crippen LogP contribution in [0, 0.1) is 33.8 Å². The number of benzene rings is 2. The molecule has 0 spiro atoms. The molecule has 1 saturated heterocycles. The Labute approximate surface area is 188 Å². The summed E-state index contributed by atoms with van der Waals surface area (Å²) in [4.78, 5) is 35.9. The monoisotopic (exact) mass is 451 g/mol. The third kappa shape index (κ3) is 3.46. The van der Waals surface area contributed by atoms with Gasteiger partial charge in [0.15, 0.2) is 0 Å². The highest BCUT2D eigenvalue weighted by Gasteiger charge is 2.59. The van der Waals surface area contributed by atoms with E-state index >= 15 is 0 Å². The lowest BCUT2D eigenvalue weighted by molar-refractivity contribution is -0.384. The summed E-state index contributed by atoms with van der Waals surface area (Å²) in [6.07, 6.45) is 6.33. The smallest absolute Gasteiger partial charge is 0.269 e. The molecule has 2 aliphatic carbocycles. The Kier molecular flexibility index (Phi) is 5.01. The van der Waals surface area contributed by atoms with Crippen LogP contribution in [0.25, 0.3) is 0 Å². The summed E-state index contributed by atoms with van der Waals surface area (Å²) in [6, 6.07) is 11.0. The third-order valence-electron chi connectivity index (χ3n) is 6.27. The number of nitro benzene ring substituents is 1. The number of nitro groups is 1. The fourth-order valence-electron chi connectivity index (χ4n) is 4.75. The lowest BCUT2D eigenvalue weighted by Gasteiger charge is -2.13. The standard InChI is InChI=1S/C23H18ClN3O5/c24-17-5-8-19(32-12-13-1-6-18(7-2-13)27(30)31)16(10-17)11-25-26-22(28)20-14-3-4-15(9-14)21(20)23(26)29/h1-8,10-11,14-15,20-21H,9,12H2. The Bertz CT molecular complexity index is 1150. The zero-order valence-corrected chi connectivity index (χ0v) is 17.5. The predicted molar refractivity (Wildman–Crippen MR) is 116 cm³/mol. The van der Waals surface area contributed by atoms with E-state index in [9.17, 15) is 19.7 Å². The van der Waals surface area contributed by atoms with E-state index in [0.29, 0.717) is 16.3 Å². The van der Waals surface area contributed by atoms with Crippen molar-refractivity contribution in [3.63, 3.8) is 0 Å². The summed E-state index contributed by atoms with van der Waals surface area (Å²) in [7, 11) is 0. The lowest BCUT2D eigenvalue weighted by atomic mass is 9.85. The molecule has 8 nitrogen and oxygen atoms in total. The zero-order valence-electron chi connectivity index (χ0n) is 16.8. The van der Waals surface area contributed by atoms with Crippen LogP contribution in [0.15, 0.2) is 59.7 Å². The maximum absolute atomic E-state index is 12.8. The molecule has 1 aliphatic heterocycles. The van der Waals surface area contributed by atoms with Gasteiger partial charge >= 0.3 is 0 Å². The topological polar surface area (TPSA) is 102 Å². The van der Waals surface area contributed by atoms with Crippen LogP contribution in [-0.4, -0.2) is 28.0 Å². The quantitative estimate of drug-likeness (QED) is 0.217. The molecular formula is C23H18ClN3O5. The van der Waals surface area contributed by atoms with Crippen LogP contribution in [-0.2, 0) is 16.2 Å². The summed E-state index contributed by atoms with van der Waals surface area (Å²) in [5, 5.41) is 16.4. The molecule has 4 unspecified atom stereocenters. The van der Waals surface area contributed by atoms with Gasteiger partial charge in [-0.05, 0) is 54.2 Å². The molecule has 3 aliphatic rings. The minimum Gasteiger partial charge on any atom is -0.488 e. The van der Waals surface area contributed by atoms with Crippen LogP contribution in [0.3, 0.4) is 0 Å². The van der Waals surface area contributed by atoms with E-state index in [-0.39, 0.29) is 47.8 Å². The molecule has 0 aromatic heterocycles. The molecule has 1 saturated carbocycles. The van der Waals surface area contributed by atoms with Crippen LogP contribution in [0.4, 0.5) is 5.69 Å². The van der Waals surface area contributed by atoms with Crippen LogP contribution < -0.4 is 4.74 Å². The fraction of sp³-hybridized carbons (Fsp3) is 0.261. The molecule has 4 atom stereocenters. The van der Waals surface area contributed by atoms with Crippen molar-refractivity contribution in [3.05, 3.63) is 80.9 Å². The van der Waals surface area contributed by atoms with Gasteiger partial charge in [-0.3, -0.25) is 19.7 Å². The first kappa shape index (κ1) is 20.4. The number of ether oxygens (including phenoxy) is 1. The first-order valence-corrected chi connectivity index (χ1v) is 10.6. The van der Waals surface area contributed by atoms with E-state index in [1.54, 1.807) is 30.3 Å². The predicted octanol–water partition coefficient (Wildman–Crippen LogP) is 3.97. The number of halogens is 1. The lowest BCUT2D eigenvalue weighted by Crippen LogP contribution is -2.28. The first-order chi connectivity index (χ1) is 15.4. The average molecular weight is 452 g/mol. The molecule has 2 aromatic carbocycles. The van der Waals surface area contributed by atoms with Crippen molar-refractivity contribution in [2.45, 2.75) is 13.0 Å². The van der Waals surface area contributed by atoms with Gasteiger partial charge in [0.05, 0.1) is 23.0 Å². The highest BCUT2D eigenvalue weighted by atomic mass is 35.5. The molecule has 5 rings (SSSR count). The largest absolute Gasteiger partial charge is 0.488 e. The summed E-state index contributed by atoms with van der Waals surface area (Å²) < 4.78 is 5.85. The summed E-state index contributed by atoms with van der Waals surface area (Å²) in [5.41, 5.74) is 1.26. The van der Waals surface area contributed by atoms with Gasteiger partial charge in [-0.1, -0.05) is 23.8 Å². The normalized spacial score (nSPS) is 25.7. The Balaban J connectivity index is 1.32. The second-order valence-electron chi connectivity index (χ2n) is 8.13. The van der Waals surface area contributed by atoms with Gasteiger partial charge in [-0.25, -0.2) is 0 Å². The number of carbonyl (C=O) groups is 2. The average Bonchev–Trinajstić information content (AvgIpc) is 3.46. The van der Waals surface area contributed by atoms with Crippen molar-refractivity contribution in [3.8, 4) is 5.75 Å². The van der Waals surface area contributed by atoms with E-state index in [1.165, 1.54) is 18.3 Å². The number of hydrazone groups is 1. The van der Waals surface area contributed by atoms with Gasteiger partial charge in [0.25, 0.3) is 17.5 Å².